The summed E-state index contributed by atoms with van der Waals surface area (Å²) in [6.07, 6.45) is 0. The van der Waals surface area contributed by atoms with E-state index in [9.17, 15) is 4.79 Å². The average Bonchev–Trinajstić information content (AvgIpc) is 3.11. The van der Waals surface area contributed by atoms with E-state index in [2.05, 4.69) is 29.4 Å². The average molecular weight is 372 g/mol. The van der Waals surface area contributed by atoms with Gasteiger partial charge in [0.05, 0.1) is 18.6 Å². The van der Waals surface area contributed by atoms with Crippen molar-refractivity contribution in [1.82, 2.24) is 15.2 Å². The van der Waals surface area contributed by atoms with Crippen LogP contribution in [0.4, 0.5) is 0 Å². The summed E-state index contributed by atoms with van der Waals surface area (Å²) < 4.78 is 0. The third-order valence-electron chi connectivity index (χ3n) is 4.31. The predicted molar refractivity (Wildman–Crippen MR) is 109 cm³/mol. The molecule has 2 N–H and O–H groups in total. The molecule has 2 heterocycles. The second-order valence-corrected chi connectivity index (χ2v) is 7.52. The Bertz CT molecular complexity index is 961. The number of fused-ring (bicyclic) bond motifs is 1. The molecule has 0 saturated heterocycles. The Hall–Kier alpha value is -2.18. The SMILES string of the molecule is CNC(=S)N(Cc1cccs1)Cc1cc2c(C)ccc(C)c2[nH]c1=O. The molecule has 2 aromatic heterocycles. The molecule has 130 valence electrons. The number of rotatable bonds is 4. The molecule has 3 rings (SSSR count). The number of thiophene rings is 1. The molecule has 0 bridgehead atoms. The minimum Gasteiger partial charge on any atom is -0.366 e. The predicted octanol–water partition coefficient (Wildman–Crippen LogP) is 3.71. The number of aryl methyl sites for hydroxylation is 2. The maximum Gasteiger partial charge on any atom is 0.253 e. The van der Waals surface area contributed by atoms with Crippen LogP contribution in [0.1, 0.15) is 21.6 Å². The summed E-state index contributed by atoms with van der Waals surface area (Å²) in [5.74, 6) is 0. The molecule has 0 unspecified atom stereocenters. The van der Waals surface area contributed by atoms with Gasteiger partial charge in [0.2, 0.25) is 0 Å². The lowest BCUT2D eigenvalue weighted by Crippen LogP contribution is -2.38. The monoisotopic (exact) mass is 371 g/mol. The Morgan fingerprint density at radius 3 is 2.68 bits per heavy atom. The zero-order chi connectivity index (χ0) is 18.0. The molecule has 4 nitrogen and oxygen atoms in total. The first-order valence-corrected chi connectivity index (χ1v) is 9.39. The molecule has 0 radical (unpaired) electrons. The van der Waals surface area contributed by atoms with Crippen LogP contribution in [0.2, 0.25) is 0 Å². The van der Waals surface area contributed by atoms with E-state index in [0.29, 0.717) is 18.2 Å². The molecular formula is C19H21N3OS2. The van der Waals surface area contributed by atoms with Crippen LogP contribution in [0.3, 0.4) is 0 Å². The highest BCUT2D eigenvalue weighted by Gasteiger charge is 2.14. The first-order chi connectivity index (χ1) is 12.0. The highest BCUT2D eigenvalue weighted by Crippen LogP contribution is 2.21. The zero-order valence-corrected chi connectivity index (χ0v) is 16.2. The number of benzene rings is 1. The van der Waals surface area contributed by atoms with E-state index in [0.717, 1.165) is 27.6 Å². The second kappa shape index (κ2) is 7.37. The summed E-state index contributed by atoms with van der Waals surface area (Å²) in [7, 11) is 1.81. The van der Waals surface area contributed by atoms with Crippen molar-refractivity contribution >= 4 is 39.6 Å². The van der Waals surface area contributed by atoms with Gasteiger partial charge in [-0.15, -0.1) is 11.3 Å². The Labute approximate surface area is 156 Å². The number of nitrogens with one attached hydrogen (secondary N) is 2. The van der Waals surface area contributed by atoms with E-state index in [-0.39, 0.29) is 5.56 Å². The van der Waals surface area contributed by atoms with Gasteiger partial charge >= 0.3 is 0 Å². The summed E-state index contributed by atoms with van der Waals surface area (Å²) in [4.78, 5) is 18.9. The third-order valence-corrected chi connectivity index (χ3v) is 5.63. The van der Waals surface area contributed by atoms with Crippen molar-refractivity contribution in [1.29, 1.82) is 0 Å². The fourth-order valence-corrected chi connectivity index (χ4v) is 3.74. The topological polar surface area (TPSA) is 48.1 Å². The van der Waals surface area contributed by atoms with Crippen LogP contribution in [0, 0.1) is 13.8 Å². The summed E-state index contributed by atoms with van der Waals surface area (Å²) in [5, 5.41) is 6.79. The van der Waals surface area contributed by atoms with Gasteiger partial charge in [-0.2, -0.15) is 0 Å². The maximum absolute atomic E-state index is 12.6. The highest BCUT2D eigenvalue weighted by molar-refractivity contribution is 7.80. The maximum atomic E-state index is 12.6. The molecule has 3 aromatic rings. The second-order valence-electron chi connectivity index (χ2n) is 6.10. The fourth-order valence-electron chi connectivity index (χ4n) is 2.89. The lowest BCUT2D eigenvalue weighted by molar-refractivity contribution is 0.404. The standard InChI is InChI=1S/C19H21N3OS2/c1-12-6-7-13(2)17-16(12)9-14(18(23)21-17)10-22(19(24)20-3)11-15-5-4-8-25-15/h4-9H,10-11H2,1-3H3,(H,20,24)(H,21,23). The van der Waals surface area contributed by atoms with Crippen LogP contribution < -0.4 is 10.9 Å². The summed E-state index contributed by atoms with van der Waals surface area (Å²) in [6, 6.07) is 10.2. The number of pyridine rings is 1. The van der Waals surface area contributed by atoms with Crippen molar-refractivity contribution < 1.29 is 0 Å². The van der Waals surface area contributed by atoms with Gasteiger partial charge in [0, 0.05) is 22.9 Å². The van der Waals surface area contributed by atoms with Gasteiger partial charge in [-0.05, 0) is 54.7 Å². The highest BCUT2D eigenvalue weighted by atomic mass is 32.1. The van der Waals surface area contributed by atoms with E-state index in [1.54, 1.807) is 11.3 Å². The molecule has 0 fully saturated rings. The minimum absolute atomic E-state index is 0.0590. The number of hydrogen-bond donors (Lipinski definition) is 2. The molecular weight excluding hydrogens is 350 g/mol. The Morgan fingerprint density at radius 2 is 2.00 bits per heavy atom. The Kier molecular flexibility index (Phi) is 5.20. The van der Waals surface area contributed by atoms with Crippen LogP contribution in [0.5, 0.6) is 0 Å². The number of thiocarbonyl (C=S) groups is 1. The van der Waals surface area contributed by atoms with E-state index >= 15 is 0 Å². The Balaban J connectivity index is 1.99. The van der Waals surface area contributed by atoms with Crippen molar-refractivity contribution in [2.75, 3.05) is 7.05 Å². The molecule has 0 atom stereocenters. The van der Waals surface area contributed by atoms with Crippen molar-refractivity contribution in [2.24, 2.45) is 0 Å². The third kappa shape index (κ3) is 3.75. The van der Waals surface area contributed by atoms with E-state index in [1.165, 1.54) is 4.88 Å². The van der Waals surface area contributed by atoms with E-state index < -0.39 is 0 Å². The summed E-state index contributed by atoms with van der Waals surface area (Å²) in [6.45, 7) is 5.22. The number of aromatic nitrogens is 1. The van der Waals surface area contributed by atoms with Crippen molar-refractivity contribution in [3.63, 3.8) is 0 Å². The molecule has 25 heavy (non-hydrogen) atoms. The molecule has 0 aliphatic rings. The largest absolute Gasteiger partial charge is 0.366 e. The van der Waals surface area contributed by atoms with E-state index in [1.807, 2.05) is 42.5 Å². The van der Waals surface area contributed by atoms with Crippen molar-refractivity contribution in [3.8, 4) is 0 Å². The zero-order valence-electron chi connectivity index (χ0n) is 14.6. The quantitative estimate of drug-likeness (QED) is 0.687. The summed E-state index contributed by atoms with van der Waals surface area (Å²) in [5.41, 5.74) is 3.80. The molecule has 0 aliphatic carbocycles. The van der Waals surface area contributed by atoms with Crippen LogP contribution in [0.15, 0.2) is 40.5 Å². The first-order valence-electron chi connectivity index (χ1n) is 8.10. The van der Waals surface area contributed by atoms with Crippen LogP contribution in [-0.2, 0) is 13.1 Å². The molecule has 1 aromatic carbocycles. The van der Waals surface area contributed by atoms with Crippen molar-refractivity contribution in [2.45, 2.75) is 26.9 Å². The lowest BCUT2D eigenvalue weighted by Gasteiger charge is -2.24. The number of H-pyrrole nitrogens is 1. The minimum atomic E-state index is -0.0590. The van der Waals surface area contributed by atoms with Gasteiger partial charge in [-0.25, -0.2) is 0 Å². The number of aromatic amines is 1. The first kappa shape index (κ1) is 17.6. The lowest BCUT2D eigenvalue weighted by atomic mass is 10.0. The fraction of sp³-hybridized carbons (Fsp3) is 0.263. The van der Waals surface area contributed by atoms with Crippen LogP contribution in [-0.4, -0.2) is 22.0 Å². The normalized spacial score (nSPS) is 10.8. The van der Waals surface area contributed by atoms with Gasteiger partial charge in [-0.1, -0.05) is 18.2 Å². The smallest absolute Gasteiger partial charge is 0.253 e. The molecule has 0 amide bonds. The molecule has 0 spiro atoms. The van der Waals surface area contributed by atoms with Gasteiger partial charge in [-0.3, -0.25) is 4.79 Å². The van der Waals surface area contributed by atoms with Crippen molar-refractivity contribution in [3.05, 3.63) is 67.6 Å². The van der Waals surface area contributed by atoms with Gasteiger partial charge in [0.1, 0.15) is 0 Å². The molecule has 0 aliphatic heterocycles. The van der Waals surface area contributed by atoms with Crippen LogP contribution in [0.25, 0.3) is 10.9 Å². The molecule has 6 heteroatoms. The van der Waals surface area contributed by atoms with Gasteiger partial charge in [0.15, 0.2) is 5.11 Å². The number of hydrogen-bond acceptors (Lipinski definition) is 3. The Morgan fingerprint density at radius 1 is 1.24 bits per heavy atom. The van der Waals surface area contributed by atoms with Gasteiger partial charge < -0.3 is 15.2 Å². The van der Waals surface area contributed by atoms with E-state index in [4.69, 9.17) is 12.2 Å². The summed E-state index contributed by atoms with van der Waals surface area (Å²) >= 11 is 7.13. The number of nitrogens with zero attached hydrogens (tertiary/aromatic N) is 1. The molecule has 0 saturated carbocycles. The van der Waals surface area contributed by atoms with Gasteiger partial charge in [0.25, 0.3) is 5.56 Å². The van der Waals surface area contributed by atoms with Crippen LogP contribution >= 0.6 is 23.6 Å².